The van der Waals surface area contributed by atoms with Gasteiger partial charge in [0.1, 0.15) is 5.82 Å². The number of fused-ring (bicyclic) bond motifs is 1. The number of aliphatic hydroxyl groups excluding tert-OH is 1. The normalized spacial score (nSPS) is 14.5. The van der Waals surface area contributed by atoms with E-state index in [1.165, 1.54) is 0 Å². The van der Waals surface area contributed by atoms with Crippen molar-refractivity contribution in [3.8, 4) is 11.5 Å². The number of hydrogen-bond acceptors (Lipinski definition) is 3. The highest BCUT2D eigenvalue weighted by molar-refractivity contribution is 9.10. The molecular weight excluding hydrogens is 291 g/mol. The van der Waals surface area contributed by atoms with Crippen LogP contribution in [-0.4, -0.2) is 24.9 Å². The van der Waals surface area contributed by atoms with E-state index in [0.717, 1.165) is 6.42 Å². The maximum Gasteiger partial charge on any atom is 0.167 e. The molecular formula is C12H14BrFO3. The molecule has 0 fully saturated rings. The minimum absolute atomic E-state index is 0.0293. The van der Waals surface area contributed by atoms with E-state index in [0.29, 0.717) is 47.6 Å². The van der Waals surface area contributed by atoms with Gasteiger partial charge in [0.2, 0.25) is 0 Å². The fourth-order valence-electron chi connectivity index (χ4n) is 1.80. The topological polar surface area (TPSA) is 38.7 Å². The third kappa shape index (κ3) is 2.72. The first-order valence-electron chi connectivity index (χ1n) is 5.61. The number of halogens is 2. The van der Waals surface area contributed by atoms with Crippen LogP contribution in [0.5, 0.6) is 11.5 Å². The average molecular weight is 305 g/mol. The van der Waals surface area contributed by atoms with E-state index in [2.05, 4.69) is 15.9 Å². The summed E-state index contributed by atoms with van der Waals surface area (Å²) in [7, 11) is 0. The molecule has 0 unspecified atom stereocenters. The fourth-order valence-corrected chi connectivity index (χ4v) is 2.24. The lowest BCUT2D eigenvalue weighted by molar-refractivity contribution is 0.284. The van der Waals surface area contributed by atoms with Crippen molar-refractivity contribution >= 4 is 15.9 Å². The van der Waals surface area contributed by atoms with Crippen LogP contribution >= 0.6 is 15.9 Å². The van der Waals surface area contributed by atoms with Gasteiger partial charge >= 0.3 is 0 Å². The van der Waals surface area contributed by atoms with Crippen LogP contribution in [0.1, 0.15) is 18.4 Å². The summed E-state index contributed by atoms with van der Waals surface area (Å²) in [6.45, 7) is 1.13. The highest BCUT2D eigenvalue weighted by Gasteiger charge is 2.21. The molecule has 0 saturated carbocycles. The molecule has 1 heterocycles. The lowest BCUT2D eigenvalue weighted by Crippen LogP contribution is -2.02. The molecule has 1 aliphatic rings. The molecule has 0 amide bonds. The Bertz CT molecular complexity index is 409. The lowest BCUT2D eigenvalue weighted by atomic mass is 10.1. The van der Waals surface area contributed by atoms with E-state index in [9.17, 15) is 4.39 Å². The monoisotopic (exact) mass is 304 g/mol. The largest absolute Gasteiger partial charge is 0.490 e. The van der Waals surface area contributed by atoms with Crippen LogP contribution in [0.15, 0.2) is 10.5 Å². The Morgan fingerprint density at radius 1 is 1.35 bits per heavy atom. The molecule has 0 aromatic heterocycles. The van der Waals surface area contributed by atoms with Crippen molar-refractivity contribution in [3.05, 3.63) is 21.9 Å². The molecule has 0 bridgehead atoms. The maximum absolute atomic E-state index is 14.0. The van der Waals surface area contributed by atoms with Gasteiger partial charge in [-0.2, -0.15) is 0 Å². The minimum atomic E-state index is -0.331. The summed E-state index contributed by atoms with van der Waals surface area (Å²) in [5.41, 5.74) is 0.477. The van der Waals surface area contributed by atoms with Crippen molar-refractivity contribution in [1.29, 1.82) is 0 Å². The molecule has 0 aliphatic carbocycles. The van der Waals surface area contributed by atoms with Crippen LogP contribution in [0, 0.1) is 5.82 Å². The number of aliphatic hydroxyl groups is 1. The van der Waals surface area contributed by atoms with Crippen LogP contribution < -0.4 is 9.47 Å². The number of rotatable bonds is 3. The molecule has 94 valence electrons. The highest BCUT2D eigenvalue weighted by Crippen LogP contribution is 2.39. The molecule has 1 aromatic carbocycles. The van der Waals surface area contributed by atoms with Gasteiger partial charge in [0.25, 0.3) is 0 Å². The predicted molar refractivity (Wildman–Crippen MR) is 65.1 cm³/mol. The third-order valence-corrected chi connectivity index (χ3v) is 3.18. The van der Waals surface area contributed by atoms with E-state index in [1.54, 1.807) is 6.07 Å². The summed E-state index contributed by atoms with van der Waals surface area (Å²) in [6.07, 6.45) is 1.73. The zero-order valence-corrected chi connectivity index (χ0v) is 10.9. The first-order valence-corrected chi connectivity index (χ1v) is 6.40. The van der Waals surface area contributed by atoms with Gasteiger partial charge in [-0.1, -0.05) is 0 Å². The van der Waals surface area contributed by atoms with E-state index in [-0.39, 0.29) is 12.4 Å². The smallest absolute Gasteiger partial charge is 0.167 e. The predicted octanol–water partition coefficient (Wildman–Crippen LogP) is 2.67. The SMILES string of the molecule is OCCCc1c(F)c(Br)cc2c1OCCCO2. The Morgan fingerprint density at radius 2 is 2.12 bits per heavy atom. The quantitative estimate of drug-likeness (QED) is 0.933. The average Bonchev–Trinajstić information content (AvgIpc) is 2.55. The number of benzene rings is 1. The van der Waals surface area contributed by atoms with Crippen LogP contribution in [0.4, 0.5) is 4.39 Å². The first-order chi connectivity index (χ1) is 8.24. The van der Waals surface area contributed by atoms with Crippen LogP contribution in [0.3, 0.4) is 0 Å². The van der Waals surface area contributed by atoms with Crippen LogP contribution in [0.2, 0.25) is 0 Å². The second kappa shape index (κ2) is 5.69. The zero-order valence-electron chi connectivity index (χ0n) is 9.34. The van der Waals surface area contributed by atoms with Gasteiger partial charge in [-0.05, 0) is 28.8 Å². The molecule has 0 radical (unpaired) electrons. The van der Waals surface area contributed by atoms with Crippen molar-refractivity contribution in [2.24, 2.45) is 0 Å². The van der Waals surface area contributed by atoms with Gasteiger partial charge in [0.15, 0.2) is 11.5 Å². The van der Waals surface area contributed by atoms with Crippen molar-refractivity contribution in [2.75, 3.05) is 19.8 Å². The van der Waals surface area contributed by atoms with Gasteiger partial charge in [-0.15, -0.1) is 0 Å². The molecule has 17 heavy (non-hydrogen) atoms. The minimum Gasteiger partial charge on any atom is -0.490 e. The summed E-state index contributed by atoms with van der Waals surface area (Å²) in [4.78, 5) is 0. The van der Waals surface area contributed by atoms with E-state index < -0.39 is 0 Å². The Balaban J connectivity index is 2.42. The Labute approximate surface area is 108 Å². The van der Waals surface area contributed by atoms with Crippen molar-refractivity contribution in [2.45, 2.75) is 19.3 Å². The molecule has 1 aliphatic heterocycles. The maximum atomic E-state index is 14.0. The Hall–Kier alpha value is -0.810. The summed E-state index contributed by atoms with van der Waals surface area (Å²) in [5, 5.41) is 8.84. The molecule has 0 saturated heterocycles. The van der Waals surface area contributed by atoms with Crippen LogP contribution in [0.25, 0.3) is 0 Å². The molecule has 0 spiro atoms. The van der Waals surface area contributed by atoms with Crippen LogP contribution in [-0.2, 0) is 6.42 Å². The molecule has 5 heteroatoms. The van der Waals surface area contributed by atoms with Gasteiger partial charge in [-0.25, -0.2) is 4.39 Å². The number of ether oxygens (including phenoxy) is 2. The summed E-state index contributed by atoms with van der Waals surface area (Å²) in [5.74, 6) is 0.725. The standard InChI is InChI=1S/C12H14BrFO3/c13-9-7-10-12(17-6-2-5-16-10)8(11(9)14)3-1-4-15/h7,15H,1-6H2. The van der Waals surface area contributed by atoms with Gasteiger partial charge in [0, 0.05) is 24.7 Å². The third-order valence-electron chi connectivity index (χ3n) is 2.61. The van der Waals surface area contributed by atoms with Gasteiger partial charge in [-0.3, -0.25) is 0 Å². The molecule has 3 nitrogen and oxygen atoms in total. The lowest BCUT2D eigenvalue weighted by Gasteiger charge is -2.14. The Morgan fingerprint density at radius 3 is 2.88 bits per heavy atom. The molecule has 1 aromatic rings. The fraction of sp³-hybridized carbons (Fsp3) is 0.500. The summed E-state index contributed by atoms with van der Waals surface area (Å²) in [6, 6.07) is 1.60. The first kappa shape index (κ1) is 12.6. The second-order valence-corrected chi connectivity index (χ2v) is 4.71. The zero-order chi connectivity index (χ0) is 12.3. The van der Waals surface area contributed by atoms with Gasteiger partial charge < -0.3 is 14.6 Å². The summed E-state index contributed by atoms with van der Waals surface area (Å²) >= 11 is 3.17. The van der Waals surface area contributed by atoms with E-state index in [4.69, 9.17) is 14.6 Å². The van der Waals surface area contributed by atoms with E-state index >= 15 is 0 Å². The highest BCUT2D eigenvalue weighted by atomic mass is 79.9. The van der Waals surface area contributed by atoms with Gasteiger partial charge in [0.05, 0.1) is 17.7 Å². The summed E-state index contributed by atoms with van der Waals surface area (Å²) < 4.78 is 25.4. The molecule has 0 atom stereocenters. The molecule has 2 rings (SSSR count). The van der Waals surface area contributed by atoms with Crippen molar-refractivity contribution < 1.29 is 19.0 Å². The van der Waals surface area contributed by atoms with Crippen molar-refractivity contribution in [1.82, 2.24) is 0 Å². The van der Waals surface area contributed by atoms with Crippen molar-refractivity contribution in [3.63, 3.8) is 0 Å². The Kier molecular flexibility index (Phi) is 4.23. The van der Waals surface area contributed by atoms with E-state index in [1.807, 2.05) is 0 Å². The second-order valence-electron chi connectivity index (χ2n) is 3.86. The number of hydrogen-bond donors (Lipinski definition) is 1. The molecule has 1 N–H and O–H groups in total.